The van der Waals surface area contributed by atoms with Gasteiger partial charge in [-0.1, -0.05) is 11.6 Å². The number of anilines is 2. The third kappa shape index (κ3) is 4.17. The number of rotatable bonds is 3. The minimum absolute atomic E-state index is 0.0739. The van der Waals surface area contributed by atoms with Gasteiger partial charge in [-0.15, -0.1) is 11.3 Å². The van der Waals surface area contributed by atoms with Crippen LogP contribution in [0, 0.1) is 6.92 Å². The van der Waals surface area contributed by atoms with E-state index in [1.165, 1.54) is 16.2 Å². The molecule has 1 saturated heterocycles. The first kappa shape index (κ1) is 17.0. The number of aryl methyl sites for hydroxylation is 1. The average Bonchev–Trinajstić information content (AvgIpc) is 2.88. The Bertz CT molecular complexity index is 710. The number of halogens is 1. The Morgan fingerprint density at radius 3 is 2.54 bits per heavy atom. The van der Waals surface area contributed by atoms with E-state index in [0.29, 0.717) is 23.2 Å². The van der Waals surface area contributed by atoms with Crippen molar-refractivity contribution in [2.24, 2.45) is 0 Å². The summed E-state index contributed by atoms with van der Waals surface area (Å²) in [4.78, 5) is 21.9. The SMILES string of the molecule is Cc1nc(N)sc1CN1CCN(C(=O)Nc2ccc(Cl)cc2)CC1. The van der Waals surface area contributed by atoms with Crippen LogP contribution in [0.15, 0.2) is 24.3 Å². The highest BCUT2D eigenvalue weighted by Gasteiger charge is 2.22. The number of nitrogens with zero attached hydrogens (tertiary/aromatic N) is 3. The number of aromatic nitrogens is 1. The Kier molecular flexibility index (Phi) is 5.23. The molecule has 1 aromatic heterocycles. The molecule has 3 rings (SSSR count). The van der Waals surface area contributed by atoms with E-state index in [4.69, 9.17) is 17.3 Å². The van der Waals surface area contributed by atoms with Crippen LogP contribution >= 0.6 is 22.9 Å². The molecule has 1 fully saturated rings. The van der Waals surface area contributed by atoms with Gasteiger partial charge in [0.05, 0.1) is 5.69 Å². The first-order valence-corrected chi connectivity index (χ1v) is 8.96. The van der Waals surface area contributed by atoms with Crippen LogP contribution < -0.4 is 11.1 Å². The maximum absolute atomic E-state index is 12.3. The van der Waals surface area contributed by atoms with Crippen molar-refractivity contribution >= 4 is 39.8 Å². The summed E-state index contributed by atoms with van der Waals surface area (Å²) in [6, 6.07) is 7.05. The molecule has 1 aliphatic rings. The summed E-state index contributed by atoms with van der Waals surface area (Å²) in [6.45, 7) is 5.90. The normalized spacial score (nSPS) is 15.5. The van der Waals surface area contributed by atoms with Crippen LogP contribution in [0.2, 0.25) is 5.02 Å². The predicted octanol–water partition coefficient (Wildman–Crippen LogP) is 3.04. The number of piperazine rings is 1. The van der Waals surface area contributed by atoms with E-state index in [1.54, 1.807) is 24.3 Å². The number of thiazole rings is 1. The summed E-state index contributed by atoms with van der Waals surface area (Å²) in [6.07, 6.45) is 0. The van der Waals surface area contributed by atoms with E-state index >= 15 is 0 Å². The van der Waals surface area contributed by atoms with Crippen molar-refractivity contribution in [3.8, 4) is 0 Å². The molecule has 128 valence electrons. The molecular weight excluding hydrogens is 346 g/mol. The number of hydrogen-bond donors (Lipinski definition) is 2. The highest BCUT2D eigenvalue weighted by molar-refractivity contribution is 7.15. The highest BCUT2D eigenvalue weighted by Crippen LogP contribution is 2.22. The van der Waals surface area contributed by atoms with Crippen molar-refractivity contribution < 1.29 is 4.79 Å². The van der Waals surface area contributed by atoms with Gasteiger partial charge >= 0.3 is 6.03 Å². The summed E-state index contributed by atoms with van der Waals surface area (Å²) >= 11 is 7.39. The number of nitrogens with two attached hydrogens (primary N) is 1. The molecule has 1 aliphatic heterocycles. The van der Waals surface area contributed by atoms with Gasteiger partial charge in [-0.2, -0.15) is 0 Å². The van der Waals surface area contributed by atoms with Gasteiger partial charge in [0.1, 0.15) is 0 Å². The van der Waals surface area contributed by atoms with Crippen LogP contribution in [-0.4, -0.2) is 47.0 Å². The van der Waals surface area contributed by atoms with Gasteiger partial charge in [0.25, 0.3) is 0 Å². The van der Waals surface area contributed by atoms with Crippen molar-refractivity contribution in [2.45, 2.75) is 13.5 Å². The number of carbonyl (C=O) groups is 1. The topological polar surface area (TPSA) is 74.5 Å². The number of nitrogen functional groups attached to an aromatic ring is 1. The summed E-state index contributed by atoms with van der Waals surface area (Å²) in [7, 11) is 0. The van der Waals surface area contributed by atoms with E-state index in [-0.39, 0.29) is 6.03 Å². The minimum atomic E-state index is -0.0739. The zero-order valence-corrected chi connectivity index (χ0v) is 15.0. The van der Waals surface area contributed by atoms with Crippen LogP contribution in [-0.2, 0) is 6.54 Å². The van der Waals surface area contributed by atoms with Gasteiger partial charge in [0.2, 0.25) is 0 Å². The number of urea groups is 1. The van der Waals surface area contributed by atoms with Gasteiger partial charge in [-0.3, -0.25) is 4.90 Å². The largest absolute Gasteiger partial charge is 0.375 e. The van der Waals surface area contributed by atoms with E-state index in [0.717, 1.165) is 31.0 Å². The second kappa shape index (κ2) is 7.38. The summed E-state index contributed by atoms with van der Waals surface area (Å²) in [5.41, 5.74) is 7.50. The molecule has 0 atom stereocenters. The molecule has 0 bridgehead atoms. The number of nitrogens with one attached hydrogen (secondary N) is 1. The zero-order valence-electron chi connectivity index (χ0n) is 13.5. The number of amides is 2. The zero-order chi connectivity index (χ0) is 17.1. The molecule has 3 N–H and O–H groups in total. The molecule has 2 amide bonds. The Labute approximate surface area is 150 Å². The lowest BCUT2D eigenvalue weighted by Gasteiger charge is -2.34. The molecule has 0 saturated carbocycles. The van der Waals surface area contributed by atoms with Gasteiger partial charge in [0.15, 0.2) is 5.13 Å². The second-order valence-electron chi connectivity index (χ2n) is 5.76. The molecule has 0 radical (unpaired) electrons. The van der Waals surface area contributed by atoms with Crippen LogP contribution in [0.1, 0.15) is 10.6 Å². The predicted molar refractivity (Wildman–Crippen MR) is 98.6 cm³/mol. The van der Waals surface area contributed by atoms with E-state index < -0.39 is 0 Å². The van der Waals surface area contributed by atoms with Gasteiger partial charge in [-0.05, 0) is 31.2 Å². The highest BCUT2D eigenvalue weighted by atomic mass is 35.5. The molecule has 24 heavy (non-hydrogen) atoms. The van der Waals surface area contributed by atoms with Gasteiger partial charge < -0.3 is 16.0 Å². The Hall–Kier alpha value is -1.83. The number of hydrogen-bond acceptors (Lipinski definition) is 5. The molecule has 2 heterocycles. The third-order valence-corrected chi connectivity index (χ3v) is 5.25. The molecule has 0 aliphatic carbocycles. The molecule has 8 heteroatoms. The fraction of sp³-hybridized carbons (Fsp3) is 0.375. The quantitative estimate of drug-likeness (QED) is 0.876. The Balaban J connectivity index is 1.50. The Morgan fingerprint density at radius 2 is 1.96 bits per heavy atom. The molecule has 0 spiro atoms. The van der Waals surface area contributed by atoms with E-state index in [9.17, 15) is 4.79 Å². The lowest BCUT2D eigenvalue weighted by Crippen LogP contribution is -2.49. The second-order valence-corrected chi connectivity index (χ2v) is 7.31. The van der Waals surface area contributed by atoms with Crippen molar-refractivity contribution in [2.75, 3.05) is 37.2 Å². The van der Waals surface area contributed by atoms with E-state index in [1.807, 2.05) is 11.8 Å². The summed E-state index contributed by atoms with van der Waals surface area (Å²) in [5, 5.41) is 4.17. The van der Waals surface area contributed by atoms with E-state index in [2.05, 4.69) is 15.2 Å². The standard InChI is InChI=1S/C16H20ClN5OS/c1-11-14(24-15(18)19-11)10-21-6-8-22(9-7-21)16(23)20-13-4-2-12(17)3-5-13/h2-5H,6-10H2,1H3,(H2,18,19)(H,20,23). The van der Waals surface area contributed by atoms with Crippen molar-refractivity contribution in [3.05, 3.63) is 39.9 Å². The molecule has 6 nitrogen and oxygen atoms in total. The third-order valence-electron chi connectivity index (χ3n) is 4.03. The van der Waals surface area contributed by atoms with Gasteiger partial charge in [-0.25, -0.2) is 9.78 Å². The maximum atomic E-state index is 12.3. The van der Waals surface area contributed by atoms with Gasteiger partial charge in [0, 0.05) is 48.3 Å². The lowest BCUT2D eigenvalue weighted by atomic mass is 10.3. The first-order chi connectivity index (χ1) is 11.5. The molecule has 2 aromatic rings. The monoisotopic (exact) mass is 365 g/mol. The fourth-order valence-corrected chi connectivity index (χ4v) is 3.65. The number of carbonyl (C=O) groups excluding carboxylic acids is 1. The summed E-state index contributed by atoms with van der Waals surface area (Å²) in [5.74, 6) is 0. The van der Waals surface area contributed by atoms with Crippen LogP contribution in [0.5, 0.6) is 0 Å². The molecule has 0 unspecified atom stereocenters. The molecule has 1 aromatic carbocycles. The number of benzene rings is 1. The van der Waals surface area contributed by atoms with Crippen molar-refractivity contribution in [1.82, 2.24) is 14.8 Å². The van der Waals surface area contributed by atoms with Crippen LogP contribution in [0.4, 0.5) is 15.6 Å². The maximum Gasteiger partial charge on any atom is 0.321 e. The average molecular weight is 366 g/mol. The van der Waals surface area contributed by atoms with Crippen molar-refractivity contribution in [3.63, 3.8) is 0 Å². The molecular formula is C16H20ClN5OS. The summed E-state index contributed by atoms with van der Waals surface area (Å²) < 4.78 is 0. The van der Waals surface area contributed by atoms with Crippen LogP contribution in [0.3, 0.4) is 0 Å². The Morgan fingerprint density at radius 1 is 1.29 bits per heavy atom. The minimum Gasteiger partial charge on any atom is -0.375 e. The lowest BCUT2D eigenvalue weighted by molar-refractivity contribution is 0.143. The fourth-order valence-electron chi connectivity index (χ4n) is 2.65. The van der Waals surface area contributed by atoms with Crippen LogP contribution in [0.25, 0.3) is 0 Å². The first-order valence-electron chi connectivity index (χ1n) is 7.77. The smallest absolute Gasteiger partial charge is 0.321 e. The van der Waals surface area contributed by atoms with Crippen molar-refractivity contribution in [1.29, 1.82) is 0 Å².